The molecule has 4 N–H and O–H groups in total. The molecule has 1 aromatic rings. The van der Waals surface area contributed by atoms with Crippen molar-refractivity contribution in [1.29, 1.82) is 5.41 Å². The van der Waals surface area contributed by atoms with Gasteiger partial charge in [0.05, 0.1) is 6.10 Å². The van der Waals surface area contributed by atoms with E-state index in [9.17, 15) is 5.11 Å². The van der Waals surface area contributed by atoms with Crippen LogP contribution in [0.3, 0.4) is 0 Å². The lowest BCUT2D eigenvalue weighted by Gasteiger charge is -2.29. The van der Waals surface area contributed by atoms with E-state index in [1.165, 1.54) is 6.21 Å². The van der Waals surface area contributed by atoms with E-state index in [0.29, 0.717) is 16.3 Å². The first kappa shape index (κ1) is 12.4. The summed E-state index contributed by atoms with van der Waals surface area (Å²) in [5.41, 5.74) is 7.99. The van der Waals surface area contributed by atoms with Crippen molar-refractivity contribution in [3.63, 3.8) is 0 Å². The second-order valence-corrected chi connectivity index (χ2v) is 5.04. The van der Waals surface area contributed by atoms with Crippen LogP contribution >= 0.6 is 11.6 Å². The first-order chi connectivity index (χ1) is 8.13. The molecule has 1 aromatic carbocycles. The number of benzene rings is 1. The number of aliphatic hydroxyl groups is 1. The van der Waals surface area contributed by atoms with Crippen LogP contribution in [0.1, 0.15) is 42.7 Å². The fraction of sp³-hybridized carbons (Fsp3) is 0.462. The zero-order valence-corrected chi connectivity index (χ0v) is 10.4. The van der Waals surface area contributed by atoms with Gasteiger partial charge in [0.15, 0.2) is 0 Å². The van der Waals surface area contributed by atoms with E-state index < -0.39 is 0 Å². The summed E-state index contributed by atoms with van der Waals surface area (Å²) in [7, 11) is 0. The van der Waals surface area contributed by atoms with Crippen molar-refractivity contribution in [3.05, 3.63) is 28.3 Å². The molecular formula is C13H17ClN2O. The number of nitrogens with one attached hydrogen (secondary N) is 1. The normalized spacial score (nSPS) is 24.6. The monoisotopic (exact) mass is 252 g/mol. The Balaban J connectivity index is 2.45. The Morgan fingerprint density at radius 2 is 2.06 bits per heavy atom. The summed E-state index contributed by atoms with van der Waals surface area (Å²) in [6, 6.07) is 3.48. The standard InChI is InChI=1S/C13H17ClN2O/c14-8-5-10(11(7-15)12(16)6-8)9-3-1-2-4-13(9)17/h5-7,9,13,15,17H,1-4,16H2/t9-,13-/m1/s1. The molecule has 2 atom stereocenters. The minimum absolute atomic E-state index is 0.0568. The molecule has 2 rings (SSSR count). The third-order valence-corrected chi connectivity index (χ3v) is 3.70. The van der Waals surface area contributed by atoms with Crippen molar-refractivity contribution in [2.45, 2.75) is 37.7 Å². The zero-order chi connectivity index (χ0) is 12.4. The van der Waals surface area contributed by atoms with E-state index in [4.69, 9.17) is 22.7 Å². The maximum absolute atomic E-state index is 10.1. The summed E-state index contributed by atoms with van der Waals surface area (Å²) >= 11 is 6.01. The lowest BCUT2D eigenvalue weighted by Crippen LogP contribution is -2.23. The first-order valence-corrected chi connectivity index (χ1v) is 6.28. The van der Waals surface area contributed by atoms with Gasteiger partial charge in [0, 0.05) is 28.4 Å². The van der Waals surface area contributed by atoms with E-state index in [1.54, 1.807) is 6.07 Å². The first-order valence-electron chi connectivity index (χ1n) is 5.91. The molecule has 1 saturated carbocycles. The second kappa shape index (κ2) is 5.07. The molecule has 1 fully saturated rings. The Labute approximate surface area is 106 Å². The number of hydrogen-bond donors (Lipinski definition) is 3. The molecule has 1 aliphatic rings. The molecule has 0 unspecified atom stereocenters. The van der Waals surface area contributed by atoms with Crippen LogP contribution in [0.4, 0.5) is 5.69 Å². The molecule has 92 valence electrons. The molecule has 0 bridgehead atoms. The molecule has 4 heteroatoms. The highest BCUT2D eigenvalue weighted by Gasteiger charge is 2.27. The van der Waals surface area contributed by atoms with Crippen molar-refractivity contribution in [1.82, 2.24) is 0 Å². The minimum atomic E-state index is -0.347. The van der Waals surface area contributed by atoms with Crippen LogP contribution in [0.2, 0.25) is 5.02 Å². The molecule has 0 aliphatic heterocycles. The topological polar surface area (TPSA) is 70.1 Å². The highest BCUT2D eigenvalue weighted by molar-refractivity contribution is 6.31. The highest BCUT2D eigenvalue weighted by Crippen LogP contribution is 2.37. The summed E-state index contributed by atoms with van der Waals surface area (Å²) in [6.45, 7) is 0. The van der Waals surface area contributed by atoms with E-state index in [2.05, 4.69) is 0 Å². The second-order valence-electron chi connectivity index (χ2n) is 4.60. The molecule has 0 saturated heterocycles. The highest BCUT2D eigenvalue weighted by atomic mass is 35.5. The Morgan fingerprint density at radius 1 is 1.35 bits per heavy atom. The molecule has 0 aromatic heterocycles. The fourth-order valence-corrected chi connectivity index (χ4v) is 2.84. The van der Waals surface area contributed by atoms with Crippen molar-refractivity contribution in [2.75, 3.05) is 5.73 Å². The summed E-state index contributed by atoms with van der Waals surface area (Å²) in [5.74, 6) is 0.0568. The van der Waals surface area contributed by atoms with Crippen LogP contribution < -0.4 is 5.73 Å². The number of rotatable bonds is 2. The third-order valence-electron chi connectivity index (χ3n) is 3.48. The lowest BCUT2D eigenvalue weighted by molar-refractivity contribution is 0.106. The van der Waals surface area contributed by atoms with E-state index in [1.807, 2.05) is 6.07 Å². The van der Waals surface area contributed by atoms with Crippen LogP contribution in [0.15, 0.2) is 12.1 Å². The Morgan fingerprint density at radius 3 is 2.71 bits per heavy atom. The predicted molar refractivity (Wildman–Crippen MR) is 71.0 cm³/mol. The predicted octanol–water partition coefficient (Wildman–Crippen LogP) is 2.94. The van der Waals surface area contributed by atoms with Gasteiger partial charge in [-0.25, -0.2) is 0 Å². The number of anilines is 1. The molecular weight excluding hydrogens is 236 g/mol. The SMILES string of the molecule is N=Cc1c(N)cc(Cl)cc1[C@H]1CCCC[C@H]1O. The van der Waals surface area contributed by atoms with Crippen molar-refractivity contribution in [2.24, 2.45) is 0 Å². The molecule has 0 radical (unpaired) electrons. The van der Waals surface area contributed by atoms with Crippen LogP contribution in [0.5, 0.6) is 0 Å². The van der Waals surface area contributed by atoms with Gasteiger partial charge in [-0.1, -0.05) is 24.4 Å². The number of nitrogen functional groups attached to an aromatic ring is 1. The average molecular weight is 253 g/mol. The molecule has 3 nitrogen and oxygen atoms in total. The van der Waals surface area contributed by atoms with Gasteiger partial charge < -0.3 is 16.2 Å². The van der Waals surface area contributed by atoms with E-state index in [-0.39, 0.29) is 12.0 Å². The van der Waals surface area contributed by atoms with Gasteiger partial charge in [-0.3, -0.25) is 0 Å². The quantitative estimate of drug-likeness (QED) is 0.559. The Bertz CT molecular complexity index is 434. The maximum Gasteiger partial charge on any atom is 0.0609 e. The zero-order valence-electron chi connectivity index (χ0n) is 9.62. The minimum Gasteiger partial charge on any atom is -0.398 e. The van der Waals surface area contributed by atoms with Crippen LogP contribution in [0.25, 0.3) is 0 Å². The molecule has 1 aliphatic carbocycles. The molecule has 0 spiro atoms. The van der Waals surface area contributed by atoms with Crippen LogP contribution in [-0.4, -0.2) is 17.4 Å². The lowest BCUT2D eigenvalue weighted by atomic mass is 9.80. The third kappa shape index (κ3) is 2.45. The van der Waals surface area contributed by atoms with Gasteiger partial charge in [0.1, 0.15) is 0 Å². The maximum atomic E-state index is 10.1. The summed E-state index contributed by atoms with van der Waals surface area (Å²) in [6.07, 6.45) is 4.82. The number of nitrogens with two attached hydrogens (primary N) is 1. The van der Waals surface area contributed by atoms with Crippen LogP contribution in [0, 0.1) is 5.41 Å². The van der Waals surface area contributed by atoms with Gasteiger partial charge >= 0.3 is 0 Å². The van der Waals surface area contributed by atoms with Gasteiger partial charge in [-0.05, 0) is 30.5 Å². The summed E-state index contributed by atoms with van der Waals surface area (Å²) < 4.78 is 0. The number of aliphatic hydroxyl groups excluding tert-OH is 1. The van der Waals surface area contributed by atoms with Gasteiger partial charge in [-0.15, -0.1) is 0 Å². The number of hydrogen-bond acceptors (Lipinski definition) is 3. The average Bonchev–Trinajstić information content (AvgIpc) is 2.28. The van der Waals surface area contributed by atoms with Crippen molar-refractivity contribution >= 4 is 23.5 Å². The molecule has 0 heterocycles. The molecule has 17 heavy (non-hydrogen) atoms. The Hall–Kier alpha value is -1.06. The smallest absolute Gasteiger partial charge is 0.0609 e. The summed E-state index contributed by atoms with van der Waals surface area (Å²) in [5, 5.41) is 18.1. The Kier molecular flexibility index (Phi) is 3.69. The fourth-order valence-electron chi connectivity index (χ4n) is 2.61. The van der Waals surface area contributed by atoms with Gasteiger partial charge in [0.2, 0.25) is 0 Å². The van der Waals surface area contributed by atoms with E-state index in [0.717, 1.165) is 31.2 Å². The van der Waals surface area contributed by atoms with Gasteiger partial charge in [0.25, 0.3) is 0 Å². The molecule has 0 amide bonds. The largest absolute Gasteiger partial charge is 0.398 e. The van der Waals surface area contributed by atoms with Crippen molar-refractivity contribution < 1.29 is 5.11 Å². The summed E-state index contributed by atoms with van der Waals surface area (Å²) in [4.78, 5) is 0. The van der Waals surface area contributed by atoms with Crippen molar-refractivity contribution in [3.8, 4) is 0 Å². The number of halogens is 1. The van der Waals surface area contributed by atoms with Gasteiger partial charge in [-0.2, -0.15) is 0 Å². The van der Waals surface area contributed by atoms with Crippen LogP contribution in [-0.2, 0) is 0 Å². The van der Waals surface area contributed by atoms with E-state index >= 15 is 0 Å².